The highest BCUT2D eigenvalue weighted by atomic mass is 19.4. The summed E-state index contributed by atoms with van der Waals surface area (Å²) < 4.78 is 47.1. The average Bonchev–Trinajstić information content (AvgIpc) is 2.78. The Labute approximate surface area is 186 Å². The second-order valence-electron chi connectivity index (χ2n) is 6.49. The van der Waals surface area contributed by atoms with E-state index in [-0.39, 0.29) is 17.2 Å². The number of pyridine rings is 1. The third-order valence-electron chi connectivity index (χ3n) is 4.11. The van der Waals surface area contributed by atoms with Crippen LogP contribution in [0.1, 0.15) is 16.1 Å². The van der Waals surface area contributed by atoms with Crippen LogP contribution in [0.25, 0.3) is 6.08 Å². The molecule has 0 atom stereocenters. The number of hydrogen-bond acceptors (Lipinski definition) is 5. The summed E-state index contributed by atoms with van der Waals surface area (Å²) in [5, 5.41) is 5.07. The maximum absolute atomic E-state index is 12.5. The van der Waals surface area contributed by atoms with E-state index in [4.69, 9.17) is 4.74 Å². The molecule has 1 aromatic heterocycles. The van der Waals surface area contributed by atoms with Gasteiger partial charge in [0.25, 0.3) is 5.91 Å². The van der Waals surface area contributed by atoms with Gasteiger partial charge in [0.1, 0.15) is 22.9 Å². The van der Waals surface area contributed by atoms with Gasteiger partial charge in [-0.2, -0.15) is 0 Å². The summed E-state index contributed by atoms with van der Waals surface area (Å²) in [7, 11) is 1.49. The van der Waals surface area contributed by atoms with Crippen molar-refractivity contribution in [2.45, 2.75) is 6.36 Å². The molecule has 1 heterocycles. The van der Waals surface area contributed by atoms with Crippen molar-refractivity contribution in [1.29, 1.82) is 0 Å². The lowest BCUT2D eigenvalue weighted by atomic mass is 10.2. The molecule has 0 saturated carbocycles. The molecule has 0 fully saturated rings. The number of para-hydroxylation sites is 1. The van der Waals surface area contributed by atoms with Crippen molar-refractivity contribution in [3.05, 3.63) is 84.2 Å². The van der Waals surface area contributed by atoms with Crippen LogP contribution >= 0.6 is 0 Å². The van der Waals surface area contributed by atoms with Gasteiger partial charge in [0.2, 0.25) is 5.91 Å². The summed E-state index contributed by atoms with van der Waals surface area (Å²) in [4.78, 5) is 27.8. The Balaban J connectivity index is 1.62. The number of rotatable bonds is 7. The maximum Gasteiger partial charge on any atom is 0.573 e. The van der Waals surface area contributed by atoms with Crippen LogP contribution in [0.3, 0.4) is 0 Å². The molecule has 0 aliphatic rings. The van der Waals surface area contributed by atoms with Crippen LogP contribution in [0, 0.1) is 0 Å². The van der Waals surface area contributed by atoms with Gasteiger partial charge < -0.3 is 20.1 Å². The Morgan fingerprint density at radius 1 is 1.00 bits per heavy atom. The van der Waals surface area contributed by atoms with Crippen molar-refractivity contribution in [3.63, 3.8) is 0 Å². The minimum Gasteiger partial charge on any atom is -0.457 e. The lowest BCUT2D eigenvalue weighted by molar-refractivity contribution is -0.274. The predicted molar refractivity (Wildman–Crippen MR) is 115 cm³/mol. The fourth-order valence-electron chi connectivity index (χ4n) is 2.65. The second-order valence-corrected chi connectivity index (χ2v) is 6.49. The van der Waals surface area contributed by atoms with E-state index in [1.165, 1.54) is 43.6 Å². The Kier molecular flexibility index (Phi) is 7.29. The van der Waals surface area contributed by atoms with Gasteiger partial charge in [0, 0.05) is 36.6 Å². The zero-order valence-electron chi connectivity index (χ0n) is 17.2. The van der Waals surface area contributed by atoms with Gasteiger partial charge in [-0.1, -0.05) is 18.2 Å². The number of carbonyl (C=O) groups is 2. The molecule has 170 valence electrons. The van der Waals surface area contributed by atoms with E-state index in [0.29, 0.717) is 17.2 Å². The number of ether oxygens (including phenoxy) is 2. The van der Waals surface area contributed by atoms with E-state index in [9.17, 15) is 22.8 Å². The fraction of sp³-hybridized carbons (Fsp3) is 0.0870. The zero-order valence-corrected chi connectivity index (χ0v) is 17.2. The Hall–Kier alpha value is -4.34. The average molecular weight is 457 g/mol. The molecular formula is C23H18F3N3O4. The zero-order chi connectivity index (χ0) is 23.8. The van der Waals surface area contributed by atoms with Crippen LogP contribution < -0.4 is 20.1 Å². The summed E-state index contributed by atoms with van der Waals surface area (Å²) in [5.74, 6) is -0.445. The number of hydrogen-bond donors (Lipinski definition) is 2. The van der Waals surface area contributed by atoms with E-state index in [1.54, 1.807) is 30.3 Å². The van der Waals surface area contributed by atoms with Gasteiger partial charge in [-0.3, -0.25) is 14.6 Å². The van der Waals surface area contributed by atoms with Crippen molar-refractivity contribution in [2.75, 3.05) is 12.4 Å². The number of benzene rings is 2. The van der Waals surface area contributed by atoms with E-state index in [1.807, 2.05) is 0 Å². The monoisotopic (exact) mass is 457 g/mol. The van der Waals surface area contributed by atoms with Crippen molar-refractivity contribution in [3.8, 4) is 17.2 Å². The van der Waals surface area contributed by atoms with Crippen molar-refractivity contribution < 1.29 is 32.2 Å². The smallest absolute Gasteiger partial charge is 0.457 e. The minimum atomic E-state index is -4.84. The molecule has 3 aromatic rings. The second kappa shape index (κ2) is 10.3. The first-order valence-corrected chi connectivity index (χ1v) is 9.53. The standard InChI is InChI=1S/C23H18F3N3O4/c1-27-22(31)19-14-18(12-13-28-19)32-17-9-7-16(8-10-17)29-21(30)11-6-15-4-2-3-5-20(15)33-23(24,25)26/h2-14H,1H3,(H,27,31)(H,29,30). The van der Waals surface area contributed by atoms with E-state index >= 15 is 0 Å². The van der Waals surface area contributed by atoms with Gasteiger partial charge in [-0.25, -0.2) is 0 Å². The molecule has 0 spiro atoms. The van der Waals surface area contributed by atoms with Crippen molar-refractivity contribution in [1.82, 2.24) is 10.3 Å². The predicted octanol–water partition coefficient (Wildman–Crippen LogP) is 4.78. The Morgan fingerprint density at radius 3 is 2.42 bits per heavy atom. The fourth-order valence-corrected chi connectivity index (χ4v) is 2.65. The molecule has 0 aliphatic carbocycles. The first-order chi connectivity index (χ1) is 15.7. The van der Waals surface area contributed by atoms with Gasteiger partial charge in [-0.15, -0.1) is 13.2 Å². The van der Waals surface area contributed by atoms with Crippen LogP contribution in [-0.2, 0) is 4.79 Å². The first kappa shape index (κ1) is 23.3. The molecule has 0 bridgehead atoms. The molecule has 33 heavy (non-hydrogen) atoms. The van der Waals surface area contributed by atoms with E-state index in [2.05, 4.69) is 20.4 Å². The molecule has 0 radical (unpaired) electrons. The van der Waals surface area contributed by atoms with Crippen molar-refractivity contribution >= 4 is 23.6 Å². The molecule has 7 nitrogen and oxygen atoms in total. The molecule has 0 saturated heterocycles. The molecule has 0 aliphatic heterocycles. The quantitative estimate of drug-likeness (QED) is 0.499. The van der Waals surface area contributed by atoms with Crippen LogP contribution in [0.5, 0.6) is 17.2 Å². The van der Waals surface area contributed by atoms with Gasteiger partial charge in [0.05, 0.1) is 0 Å². The van der Waals surface area contributed by atoms with Crippen LogP contribution in [0.2, 0.25) is 0 Å². The van der Waals surface area contributed by atoms with Crippen molar-refractivity contribution in [2.24, 2.45) is 0 Å². The Bertz CT molecular complexity index is 1160. The van der Waals surface area contributed by atoms with E-state index < -0.39 is 18.0 Å². The maximum atomic E-state index is 12.5. The topological polar surface area (TPSA) is 89.6 Å². The molecule has 2 aromatic carbocycles. The van der Waals surface area contributed by atoms with Crippen LogP contribution in [0.15, 0.2) is 72.9 Å². The number of carbonyl (C=O) groups excluding carboxylic acids is 2. The summed E-state index contributed by atoms with van der Waals surface area (Å²) in [6.45, 7) is 0. The van der Waals surface area contributed by atoms with E-state index in [0.717, 1.165) is 12.1 Å². The molecule has 10 heteroatoms. The molecule has 3 rings (SSSR count). The summed E-state index contributed by atoms with van der Waals surface area (Å²) in [5.41, 5.74) is 0.743. The lowest BCUT2D eigenvalue weighted by Crippen LogP contribution is -2.18. The minimum absolute atomic E-state index is 0.0993. The largest absolute Gasteiger partial charge is 0.573 e. The number of alkyl halides is 3. The normalized spacial score (nSPS) is 11.2. The molecular weight excluding hydrogens is 439 g/mol. The molecule has 2 N–H and O–H groups in total. The number of amides is 2. The lowest BCUT2D eigenvalue weighted by Gasteiger charge is -2.11. The molecule has 2 amide bonds. The van der Waals surface area contributed by atoms with Crippen LogP contribution in [-0.4, -0.2) is 30.2 Å². The Morgan fingerprint density at radius 2 is 1.73 bits per heavy atom. The number of anilines is 1. The van der Waals surface area contributed by atoms with Gasteiger partial charge >= 0.3 is 6.36 Å². The van der Waals surface area contributed by atoms with Gasteiger partial charge in [-0.05, 0) is 42.5 Å². The van der Waals surface area contributed by atoms with Crippen LogP contribution in [0.4, 0.5) is 18.9 Å². The number of nitrogens with zero attached hydrogens (tertiary/aromatic N) is 1. The summed E-state index contributed by atoms with van der Waals surface area (Å²) in [6.07, 6.45) is -1.07. The third kappa shape index (κ3) is 7.10. The summed E-state index contributed by atoms with van der Waals surface area (Å²) in [6, 6.07) is 14.9. The highest BCUT2D eigenvalue weighted by molar-refractivity contribution is 6.02. The summed E-state index contributed by atoms with van der Waals surface area (Å²) >= 11 is 0. The highest BCUT2D eigenvalue weighted by Gasteiger charge is 2.31. The third-order valence-corrected chi connectivity index (χ3v) is 4.11. The number of nitrogens with one attached hydrogen (secondary N) is 2. The molecule has 0 unspecified atom stereocenters. The number of halogens is 3. The SMILES string of the molecule is CNC(=O)c1cc(Oc2ccc(NC(=O)C=Cc3ccccc3OC(F)(F)F)cc2)ccn1. The first-order valence-electron chi connectivity index (χ1n) is 9.53. The highest BCUT2D eigenvalue weighted by Crippen LogP contribution is 2.27. The number of aromatic nitrogens is 1. The van der Waals surface area contributed by atoms with Gasteiger partial charge in [0.15, 0.2) is 0 Å².